The summed E-state index contributed by atoms with van der Waals surface area (Å²) >= 11 is 6.06. The quantitative estimate of drug-likeness (QED) is 0.721. The lowest BCUT2D eigenvalue weighted by atomic mass is 10.1. The summed E-state index contributed by atoms with van der Waals surface area (Å²) in [4.78, 5) is 18.5. The van der Waals surface area contributed by atoms with Crippen molar-refractivity contribution in [3.8, 4) is 5.69 Å². The topological polar surface area (TPSA) is 38.1 Å². The Balaban J connectivity index is 1.99. The van der Waals surface area contributed by atoms with E-state index in [4.69, 9.17) is 11.6 Å². The molecule has 0 aliphatic heterocycles. The van der Waals surface area contributed by atoms with Gasteiger partial charge >= 0.3 is 0 Å². The van der Waals surface area contributed by atoms with E-state index in [2.05, 4.69) is 11.9 Å². The van der Waals surface area contributed by atoms with Gasteiger partial charge in [0, 0.05) is 29.9 Å². The molecule has 0 saturated heterocycles. The van der Waals surface area contributed by atoms with Crippen molar-refractivity contribution in [2.75, 3.05) is 13.6 Å². The average Bonchev–Trinajstić information content (AvgIpc) is 2.97. The third kappa shape index (κ3) is 3.08. The molecular weight excluding hydrogens is 310 g/mol. The van der Waals surface area contributed by atoms with Crippen LogP contribution in [0.4, 0.5) is 0 Å². The molecule has 0 N–H and O–H groups in total. The average molecular weight is 328 g/mol. The Hall–Kier alpha value is -2.33. The van der Waals surface area contributed by atoms with Gasteiger partial charge in [0.05, 0.1) is 11.0 Å². The smallest absolute Gasteiger partial charge is 0.253 e. The molecule has 0 unspecified atom stereocenters. The van der Waals surface area contributed by atoms with Crippen LogP contribution >= 0.6 is 11.6 Å². The summed E-state index contributed by atoms with van der Waals surface area (Å²) in [6.07, 6.45) is 2.69. The summed E-state index contributed by atoms with van der Waals surface area (Å²) in [7, 11) is 1.82. The first kappa shape index (κ1) is 15.6. The van der Waals surface area contributed by atoms with Crippen LogP contribution in [0.2, 0.25) is 5.02 Å². The third-order valence-corrected chi connectivity index (χ3v) is 4.02. The fourth-order valence-electron chi connectivity index (χ4n) is 2.63. The van der Waals surface area contributed by atoms with Crippen LogP contribution in [0.5, 0.6) is 0 Å². The lowest BCUT2D eigenvalue weighted by Crippen LogP contribution is -2.27. The van der Waals surface area contributed by atoms with E-state index in [1.54, 1.807) is 11.2 Å². The first-order valence-corrected chi connectivity index (χ1v) is 7.96. The van der Waals surface area contributed by atoms with E-state index in [0.717, 1.165) is 29.7 Å². The molecule has 0 saturated carbocycles. The van der Waals surface area contributed by atoms with Gasteiger partial charge in [0.1, 0.15) is 6.33 Å². The zero-order chi connectivity index (χ0) is 16.4. The number of fused-ring (bicyclic) bond motifs is 1. The number of rotatable bonds is 4. The normalized spacial score (nSPS) is 10.9. The first-order valence-electron chi connectivity index (χ1n) is 7.58. The summed E-state index contributed by atoms with van der Waals surface area (Å²) in [5.74, 6) is 0.0195. The minimum atomic E-state index is 0.0195. The Morgan fingerprint density at radius 2 is 2.09 bits per heavy atom. The van der Waals surface area contributed by atoms with Crippen molar-refractivity contribution in [1.29, 1.82) is 0 Å². The largest absolute Gasteiger partial charge is 0.342 e. The van der Waals surface area contributed by atoms with Crippen molar-refractivity contribution >= 4 is 28.5 Å². The van der Waals surface area contributed by atoms with Crippen LogP contribution in [0.15, 0.2) is 48.8 Å². The van der Waals surface area contributed by atoms with E-state index in [1.165, 1.54) is 0 Å². The number of amides is 1. The summed E-state index contributed by atoms with van der Waals surface area (Å²) < 4.78 is 1.96. The van der Waals surface area contributed by atoms with Crippen LogP contribution < -0.4 is 0 Å². The standard InChI is InChI=1S/C18H18ClN3O/c1-3-9-21(2)18(23)13-7-8-17-16(10-13)20-12-22(17)15-6-4-5-14(19)11-15/h4-8,10-12H,3,9H2,1-2H3. The van der Waals surface area contributed by atoms with E-state index >= 15 is 0 Å². The maximum Gasteiger partial charge on any atom is 0.253 e. The van der Waals surface area contributed by atoms with E-state index in [0.29, 0.717) is 10.6 Å². The van der Waals surface area contributed by atoms with E-state index in [9.17, 15) is 4.79 Å². The van der Waals surface area contributed by atoms with Gasteiger partial charge in [-0.15, -0.1) is 0 Å². The van der Waals surface area contributed by atoms with Gasteiger partial charge in [-0.2, -0.15) is 0 Å². The molecule has 0 aliphatic rings. The van der Waals surface area contributed by atoms with Crippen LogP contribution in [-0.2, 0) is 0 Å². The monoisotopic (exact) mass is 327 g/mol. The SMILES string of the molecule is CCCN(C)C(=O)c1ccc2c(c1)ncn2-c1cccc(Cl)c1. The highest BCUT2D eigenvalue weighted by atomic mass is 35.5. The minimum absolute atomic E-state index is 0.0195. The number of hydrogen-bond acceptors (Lipinski definition) is 2. The van der Waals surface area contributed by atoms with Crippen molar-refractivity contribution in [3.05, 3.63) is 59.4 Å². The highest BCUT2D eigenvalue weighted by Crippen LogP contribution is 2.22. The number of aromatic nitrogens is 2. The first-order chi connectivity index (χ1) is 11.1. The van der Waals surface area contributed by atoms with Crippen LogP contribution in [0.3, 0.4) is 0 Å². The highest BCUT2D eigenvalue weighted by Gasteiger charge is 2.13. The number of hydrogen-bond donors (Lipinski definition) is 0. The molecular formula is C18H18ClN3O. The molecule has 0 aliphatic carbocycles. The molecule has 1 aromatic heterocycles. The second-order valence-corrected chi connectivity index (χ2v) is 5.96. The molecule has 0 fully saturated rings. The minimum Gasteiger partial charge on any atom is -0.342 e. The fourth-order valence-corrected chi connectivity index (χ4v) is 2.82. The van der Waals surface area contributed by atoms with Crippen LogP contribution in [0.25, 0.3) is 16.7 Å². The van der Waals surface area contributed by atoms with Gasteiger partial charge in [-0.1, -0.05) is 24.6 Å². The predicted molar refractivity (Wildman–Crippen MR) is 93.3 cm³/mol. The number of nitrogens with zero attached hydrogens (tertiary/aromatic N) is 3. The number of imidazole rings is 1. The van der Waals surface area contributed by atoms with E-state index in [-0.39, 0.29) is 5.91 Å². The number of carbonyl (C=O) groups is 1. The molecule has 23 heavy (non-hydrogen) atoms. The zero-order valence-corrected chi connectivity index (χ0v) is 13.9. The summed E-state index contributed by atoms with van der Waals surface area (Å²) in [6.45, 7) is 2.80. The molecule has 2 aromatic carbocycles. The number of halogens is 1. The summed E-state index contributed by atoms with van der Waals surface area (Å²) in [5.41, 5.74) is 3.34. The van der Waals surface area contributed by atoms with Gasteiger partial charge in [-0.25, -0.2) is 4.98 Å². The molecule has 3 rings (SSSR count). The molecule has 5 heteroatoms. The van der Waals surface area contributed by atoms with Gasteiger partial charge < -0.3 is 4.90 Å². The highest BCUT2D eigenvalue weighted by molar-refractivity contribution is 6.30. The molecule has 118 valence electrons. The van der Waals surface area contributed by atoms with Crippen LogP contribution in [0, 0.1) is 0 Å². The summed E-state index contributed by atoms with van der Waals surface area (Å²) in [6, 6.07) is 13.2. The fraction of sp³-hybridized carbons (Fsp3) is 0.222. The Morgan fingerprint density at radius 3 is 2.83 bits per heavy atom. The Labute approximate surface area is 140 Å². The molecule has 4 nitrogen and oxygen atoms in total. The number of carbonyl (C=O) groups excluding carboxylic acids is 1. The molecule has 0 atom stereocenters. The maximum atomic E-state index is 12.4. The molecule has 3 aromatic rings. The predicted octanol–water partition coefficient (Wildman–Crippen LogP) is 4.16. The maximum absolute atomic E-state index is 12.4. The second-order valence-electron chi connectivity index (χ2n) is 5.52. The molecule has 0 spiro atoms. The van der Waals surface area contributed by atoms with Crippen molar-refractivity contribution in [1.82, 2.24) is 14.5 Å². The van der Waals surface area contributed by atoms with Crippen molar-refractivity contribution < 1.29 is 4.79 Å². The molecule has 0 radical (unpaired) electrons. The van der Waals surface area contributed by atoms with Crippen molar-refractivity contribution in [2.45, 2.75) is 13.3 Å². The van der Waals surface area contributed by atoms with Gasteiger partial charge in [0.15, 0.2) is 0 Å². The Morgan fingerprint density at radius 1 is 1.26 bits per heavy atom. The van der Waals surface area contributed by atoms with Crippen molar-refractivity contribution in [3.63, 3.8) is 0 Å². The van der Waals surface area contributed by atoms with Crippen LogP contribution in [0.1, 0.15) is 23.7 Å². The van der Waals surface area contributed by atoms with Gasteiger partial charge in [0.2, 0.25) is 0 Å². The third-order valence-electron chi connectivity index (χ3n) is 3.79. The van der Waals surface area contributed by atoms with Crippen LogP contribution in [-0.4, -0.2) is 34.0 Å². The Bertz CT molecular complexity index is 856. The van der Waals surface area contributed by atoms with Gasteiger partial charge in [-0.3, -0.25) is 9.36 Å². The molecule has 1 heterocycles. The van der Waals surface area contributed by atoms with E-state index < -0.39 is 0 Å². The Kier molecular flexibility index (Phi) is 4.35. The second kappa shape index (κ2) is 6.42. The number of benzene rings is 2. The zero-order valence-electron chi connectivity index (χ0n) is 13.2. The van der Waals surface area contributed by atoms with Gasteiger partial charge in [-0.05, 0) is 42.8 Å². The lowest BCUT2D eigenvalue weighted by molar-refractivity contribution is 0.0795. The van der Waals surface area contributed by atoms with E-state index in [1.807, 2.05) is 54.1 Å². The van der Waals surface area contributed by atoms with Crippen molar-refractivity contribution in [2.24, 2.45) is 0 Å². The van der Waals surface area contributed by atoms with Gasteiger partial charge in [0.25, 0.3) is 5.91 Å². The summed E-state index contributed by atoms with van der Waals surface area (Å²) in [5, 5.41) is 0.678. The molecule has 0 bridgehead atoms. The lowest BCUT2D eigenvalue weighted by Gasteiger charge is -2.16. The molecule has 1 amide bonds.